The molecule has 0 saturated carbocycles. The van der Waals surface area contributed by atoms with Crippen LogP contribution in [-0.4, -0.2) is 18.0 Å². The summed E-state index contributed by atoms with van der Waals surface area (Å²) in [6, 6.07) is 10.8. The summed E-state index contributed by atoms with van der Waals surface area (Å²) in [5, 5.41) is 0. The van der Waals surface area contributed by atoms with Gasteiger partial charge in [-0.15, -0.1) is 0 Å². The number of hydrogen-bond acceptors (Lipinski definition) is 1. The Kier molecular flexibility index (Phi) is 4.00. The molecule has 0 bridgehead atoms. The van der Waals surface area contributed by atoms with Gasteiger partial charge in [-0.1, -0.05) is 50.6 Å². The van der Waals surface area contributed by atoms with Crippen LogP contribution in [0.3, 0.4) is 0 Å². The maximum atomic E-state index is 2.61. The number of rotatable bonds is 4. The number of hydrogen-bond donors (Lipinski definition) is 0. The molecule has 1 aromatic carbocycles. The van der Waals surface area contributed by atoms with Crippen LogP contribution in [0.1, 0.15) is 32.3 Å². The van der Waals surface area contributed by atoms with Crippen molar-refractivity contribution in [3.63, 3.8) is 0 Å². The van der Waals surface area contributed by atoms with E-state index < -0.39 is 0 Å². The number of nitrogens with zero attached hydrogens (tertiary/aromatic N) is 1. The largest absolute Gasteiger partial charge is 0.299 e. The Balaban J connectivity index is 1.89. The van der Waals surface area contributed by atoms with Crippen LogP contribution in [0.25, 0.3) is 0 Å². The van der Waals surface area contributed by atoms with Crippen molar-refractivity contribution >= 4 is 0 Å². The predicted octanol–water partition coefficient (Wildman–Crippen LogP) is 3.55. The van der Waals surface area contributed by atoms with Crippen LogP contribution in [0.15, 0.2) is 30.3 Å². The molecule has 0 N–H and O–H groups in total. The molecule has 1 heterocycles. The van der Waals surface area contributed by atoms with E-state index in [0.29, 0.717) is 0 Å². The third kappa shape index (κ3) is 2.85. The molecule has 16 heavy (non-hydrogen) atoms. The maximum absolute atomic E-state index is 2.61. The molecule has 0 unspecified atom stereocenters. The van der Waals surface area contributed by atoms with Gasteiger partial charge in [-0.3, -0.25) is 4.90 Å². The minimum atomic E-state index is 0.878. The standard InChI is InChI=1S/C15H23N/c1-3-7-15-12-16(10-13(15)2)11-14-8-5-4-6-9-14/h4-6,8-9,13,15H,3,7,10-12H2,1-2H3/t13-,15+/m0/s1. The third-order valence-electron chi connectivity index (χ3n) is 3.75. The van der Waals surface area contributed by atoms with Gasteiger partial charge in [0.1, 0.15) is 0 Å². The highest BCUT2D eigenvalue weighted by Crippen LogP contribution is 2.27. The van der Waals surface area contributed by atoms with E-state index in [4.69, 9.17) is 0 Å². The monoisotopic (exact) mass is 217 g/mol. The average Bonchev–Trinajstić information content (AvgIpc) is 2.61. The van der Waals surface area contributed by atoms with Crippen LogP contribution < -0.4 is 0 Å². The molecule has 1 aromatic rings. The van der Waals surface area contributed by atoms with Crippen molar-refractivity contribution in [2.45, 2.75) is 33.2 Å². The first kappa shape index (κ1) is 11.7. The highest BCUT2D eigenvalue weighted by atomic mass is 15.1. The lowest BCUT2D eigenvalue weighted by molar-refractivity contribution is 0.312. The highest BCUT2D eigenvalue weighted by Gasteiger charge is 2.28. The lowest BCUT2D eigenvalue weighted by Gasteiger charge is -2.15. The third-order valence-corrected chi connectivity index (χ3v) is 3.75. The second-order valence-corrected chi connectivity index (χ2v) is 5.21. The van der Waals surface area contributed by atoms with E-state index >= 15 is 0 Å². The number of benzene rings is 1. The fourth-order valence-corrected chi connectivity index (χ4v) is 2.86. The van der Waals surface area contributed by atoms with Gasteiger partial charge in [-0.05, 0) is 23.8 Å². The van der Waals surface area contributed by atoms with E-state index in [0.717, 1.165) is 18.4 Å². The summed E-state index contributed by atoms with van der Waals surface area (Å²) in [5.41, 5.74) is 1.45. The molecule has 1 nitrogen and oxygen atoms in total. The van der Waals surface area contributed by atoms with Gasteiger partial charge in [-0.2, -0.15) is 0 Å². The second kappa shape index (κ2) is 5.49. The first-order valence-corrected chi connectivity index (χ1v) is 6.56. The van der Waals surface area contributed by atoms with Crippen LogP contribution in [0.5, 0.6) is 0 Å². The summed E-state index contributed by atoms with van der Waals surface area (Å²) in [6.07, 6.45) is 2.72. The maximum Gasteiger partial charge on any atom is 0.0233 e. The lowest BCUT2D eigenvalue weighted by atomic mass is 9.94. The van der Waals surface area contributed by atoms with Gasteiger partial charge < -0.3 is 0 Å². The molecule has 0 aliphatic carbocycles. The van der Waals surface area contributed by atoms with Gasteiger partial charge in [-0.25, -0.2) is 0 Å². The lowest BCUT2D eigenvalue weighted by Crippen LogP contribution is -2.20. The van der Waals surface area contributed by atoms with Crippen LogP contribution in [0.2, 0.25) is 0 Å². The van der Waals surface area contributed by atoms with Crippen LogP contribution in [0, 0.1) is 11.8 Å². The quantitative estimate of drug-likeness (QED) is 0.745. The molecule has 1 aliphatic heterocycles. The van der Waals surface area contributed by atoms with Crippen LogP contribution in [0.4, 0.5) is 0 Å². The fourth-order valence-electron chi connectivity index (χ4n) is 2.86. The van der Waals surface area contributed by atoms with Crippen molar-refractivity contribution in [1.29, 1.82) is 0 Å². The summed E-state index contributed by atoms with van der Waals surface area (Å²) >= 11 is 0. The molecule has 88 valence electrons. The van der Waals surface area contributed by atoms with Gasteiger partial charge in [0.05, 0.1) is 0 Å². The summed E-state index contributed by atoms with van der Waals surface area (Å²) in [5.74, 6) is 1.80. The van der Waals surface area contributed by atoms with E-state index in [1.54, 1.807) is 0 Å². The molecule has 1 saturated heterocycles. The van der Waals surface area contributed by atoms with E-state index in [1.165, 1.54) is 31.5 Å². The molecule has 2 atom stereocenters. The van der Waals surface area contributed by atoms with Crippen molar-refractivity contribution in [2.75, 3.05) is 13.1 Å². The minimum Gasteiger partial charge on any atom is -0.299 e. The van der Waals surface area contributed by atoms with Gasteiger partial charge in [0, 0.05) is 19.6 Å². The predicted molar refractivity (Wildman–Crippen MR) is 69.3 cm³/mol. The second-order valence-electron chi connectivity index (χ2n) is 5.21. The molecule has 0 aromatic heterocycles. The van der Waals surface area contributed by atoms with E-state index in [9.17, 15) is 0 Å². The van der Waals surface area contributed by atoms with Crippen LogP contribution >= 0.6 is 0 Å². The molecular formula is C15H23N. The molecule has 1 heteroatoms. The SMILES string of the molecule is CCC[C@@H]1CN(Cc2ccccc2)C[C@@H]1C. The molecule has 1 fully saturated rings. The van der Waals surface area contributed by atoms with E-state index in [-0.39, 0.29) is 0 Å². The smallest absolute Gasteiger partial charge is 0.0233 e. The summed E-state index contributed by atoms with van der Waals surface area (Å²) in [7, 11) is 0. The summed E-state index contributed by atoms with van der Waals surface area (Å²) in [6.45, 7) is 8.41. The van der Waals surface area contributed by atoms with Crippen molar-refractivity contribution < 1.29 is 0 Å². The zero-order valence-electron chi connectivity index (χ0n) is 10.5. The fraction of sp³-hybridized carbons (Fsp3) is 0.600. The summed E-state index contributed by atoms with van der Waals surface area (Å²) in [4.78, 5) is 2.61. The molecule has 1 aliphatic rings. The Bertz CT molecular complexity index is 306. The highest BCUT2D eigenvalue weighted by molar-refractivity contribution is 5.14. The molecule has 2 rings (SSSR count). The Morgan fingerprint density at radius 3 is 2.62 bits per heavy atom. The first-order valence-electron chi connectivity index (χ1n) is 6.56. The zero-order valence-corrected chi connectivity index (χ0v) is 10.5. The van der Waals surface area contributed by atoms with Crippen molar-refractivity contribution in [3.8, 4) is 0 Å². The van der Waals surface area contributed by atoms with E-state index in [1.807, 2.05) is 0 Å². The van der Waals surface area contributed by atoms with Crippen LogP contribution in [-0.2, 0) is 6.54 Å². The van der Waals surface area contributed by atoms with Crippen molar-refractivity contribution in [3.05, 3.63) is 35.9 Å². The Morgan fingerprint density at radius 2 is 1.94 bits per heavy atom. The van der Waals surface area contributed by atoms with Crippen molar-refractivity contribution in [1.82, 2.24) is 4.90 Å². The van der Waals surface area contributed by atoms with Gasteiger partial charge in [0.2, 0.25) is 0 Å². The first-order chi connectivity index (χ1) is 7.79. The normalized spacial score (nSPS) is 26.1. The molecule has 0 amide bonds. The van der Waals surface area contributed by atoms with Gasteiger partial charge in [0.25, 0.3) is 0 Å². The average molecular weight is 217 g/mol. The van der Waals surface area contributed by atoms with Gasteiger partial charge in [0.15, 0.2) is 0 Å². The zero-order chi connectivity index (χ0) is 11.4. The van der Waals surface area contributed by atoms with Crippen molar-refractivity contribution in [2.24, 2.45) is 11.8 Å². The Labute approximate surface area is 99.5 Å². The molecule has 0 radical (unpaired) electrons. The van der Waals surface area contributed by atoms with Gasteiger partial charge >= 0.3 is 0 Å². The Morgan fingerprint density at radius 1 is 1.19 bits per heavy atom. The summed E-state index contributed by atoms with van der Waals surface area (Å²) < 4.78 is 0. The minimum absolute atomic E-state index is 0.878. The molecular weight excluding hydrogens is 194 g/mol. The van der Waals surface area contributed by atoms with E-state index in [2.05, 4.69) is 49.1 Å². The number of likely N-dealkylation sites (tertiary alicyclic amines) is 1. The Hall–Kier alpha value is -0.820. The molecule has 0 spiro atoms. The topological polar surface area (TPSA) is 3.24 Å².